The Morgan fingerprint density at radius 3 is 2.75 bits per heavy atom. The summed E-state index contributed by atoms with van der Waals surface area (Å²) in [7, 11) is 0. The van der Waals surface area contributed by atoms with Gasteiger partial charge in [0.15, 0.2) is 0 Å². The molecule has 0 fully saturated rings. The molecule has 0 saturated heterocycles. The zero-order valence-corrected chi connectivity index (χ0v) is 7.11. The van der Waals surface area contributed by atoms with Crippen LogP contribution in [0.15, 0.2) is 23.1 Å². The predicted molar refractivity (Wildman–Crippen MR) is 45.8 cm³/mol. The standard InChI is InChI=1S/C9H10N2O/c1-7(2)11-5-3-4-8(6-10)9(11)12/h3-5,7H,1-2H3. The molecule has 0 atom stereocenters. The lowest BCUT2D eigenvalue weighted by Crippen LogP contribution is -2.22. The molecule has 3 heteroatoms. The predicted octanol–water partition coefficient (Wildman–Crippen LogP) is 1.30. The van der Waals surface area contributed by atoms with Crippen LogP contribution in [0.1, 0.15) is 25.5 Å². The second-order valence-electron chi connectivity index (χ2n) is 2.84. The van der Waals surface area contributed by atoms with Crippen LogP contribution in [0.3, 0.4) is 0 Å². The largest absolute Gasteiger partial charge is 0.312 e. The van der Waals surface area contributed by atoms with Gasteiger partial charge in [0, 0.05) is 12.2 Å². The average Bonchev–Trinajstić information content (AvgIpc) is 2.04. The molecular formula is C9H10N2O. The van der Waals surface area contributed by atoms with Gasteiger partial charge in [0.1, 0.15) is 11.6 Å². The molecule has 0 aliphatic heterocycles. The van der Waals surface area contributed by atoms with Crippen LogP contribution in [0.25, 0.3) is 0 Å². The van der Waals surface area contributed by atoms with Gasteiger partial charge in [0.2, 0.25) is 0 Å². The molecule has 0 aliphatic carbocycles. The third-order valence-corrected chi connectivity index (χ3v) is 1.65. The molecule has 62 valence electrons. The summed E-state index contributed by atoms with van der Waals surface area (Å²) >= 11 is 0. The second-order valence-corrected chi connectivity index (χ2v) is 2.84. The van der Waals surface area contributed by atoms with Crippen molar-refractivity contribution in [3.8, 4) is 6.07 Å². The Balaban J connectivity index is 3.36. The van der Waals surface area contributed by atoms with E-state index in [4.69, 9.17) is 5.26 Å². The van der Waals surface area contributed by atoms with Gasteiger partial charge in [-0.3, -0.25) is 4.79 Å². The Hall–Kier alpha value is -1.56. The van der Waals surface area contributed by atoms with Crippen molar-refractivity contribution in [1.29, 1.82) is 5.26 Å². The summed E-state index contributed by atoms with van der Waals surface area (Å²) in [4.78, 5) is 11.4. The number of nitriles is 1. The first-order valence-electron chi connectivity index (χ1n) is 3.78. The van der Waals surface area contributed by atoms with Gasteiger partial charge in [0.25, 0.3) is 5.56 Å². The molecule has 12 heavy (non-hydrogen) atoms. The summed E-state index contributed by atoms with van der Waals surface area (Å²) in [6.45, 7) is 3.81. The smallest absolute Gasteiger partial charge is 0.268 e. The van der Waals surface area contributed by atoms with Crippen molar-refractivity contribution in [3.63, 3.8) is 0 Å². The summed E-state index contributed by atoms with van der Waals surface area (Å²) in [6.07, 6.45) is 1.69. The number of hydrogen-bond acceptors (Lipinski definition) is 2. The van der Waals surface area contributed by atoms with Crippen molar-refractivity contribution in [3.05, 3.63) is 34.2 Å². The molecule has 1 heterocycles. The molecule has 1 aromatic heterocycles. The molecule has 0 bridgehead atoms. The topological polar surface area (TPSA) is 45.8 Å². The van der Waals surface area contributed by atoms with Crippen molar-refractivity contribution >= 4 is 0 Å². The van der Waals surface area contributed by atoms with E-state index in [1.165, 1.54) is 6.07 Å². The molecule has 0 amide bonds. The first-order chi connectivity index (χ1) is 5.66. The van der Waals surface area contributed by atoms with E-state index in [1.54, 1.807) is 16.8 Å². The highest BCUT2D eigenvalue weighted by atomic mass is 16.1. The minimum absolute atomic E-state index is 0.103. The second kappa shape index (κ2) is 3.22. The highest BCUT2D eigenvalue weighted by molar-refractivity contribution is 5.25. The Morgan fingerprint density at radius 1 is 1.58 bits per heavy atom. The minimum atomic E-state index is -0.213. The quantitative estimate of drug-likeness (QED) is 0.624. The Bertz CT molecular complexity index is 371. The van der Waals surface area contributed by atoms with Crippen molar-refractivity contribution < 1.29 is 0 Å². The van der Waals surface area contributed by atoms with Crippen LogP contribution in [-0.4, -0.2) is 4.57 Å². The lowest BCUT2D eigenvalue weighted by atomic mass is 10.3. The number of hydrogen-bond donors (Lipinski definition) is 0. The van der Waals surface area contributed by atoms with E-state index in [9.17, 15) is 4.79 Å². The first kappa shape index (κ1) is 8.54. The van der Waals surface area contributed by atoms with E-state index in [0.717, 1.165) is 0 Å². The summed E-state index contributed by atoms with van der Waals surface area (Å²) in [6, 6.07) is 5.20. The molecule has 0 aliphatic rings. The van der Waals surface area contributed by atoms with Crippen LogP contribution >= 0.6 is 0 Å². The number of pyridine rings is 1. The number of nitrogens with zero attached hydrogens (tertiary/aromatic N) is 2. The maximum Gasteiger partial charge on any atom is 0.268 e. The van der Waals surface area contributed by atoms with Crippen LogP contribution in [-0.2, 0) is 0 Å². The lowest BCUT2D eigenvalue weighted by molar-refractivity contribution is 0.577. The zero-order chi connectivity index (χ0) is 9.14. The third kappa shape index (κ3) is 1.37. The van der Waals surface area contributed by atoms with E-state index in [1.807, 2.05) is 19.9 Å². The molecule has 0 unspecified atom stereocenters. The maximum absolute atomic E-state index is 11.4. The first-order valence-corrected chi connectivity index (χ1v) is 3.78. The highest BCUT2D eigenvalue weighted by Crippen LogP contribution is 1.99. The van der Waals surface area contributed by atoms with E-state index in [-0.39, 0.29) is 17.2 Å². The van der Waals surface area contributed by atoms with E-state index < -0.39 is 0 Å². The maximum atomic E-state index is 11.4. The van der Waals surface area contributed by atoms with Crippen LogP contribution in [0.4, 0.5) is 0 Å². The van der Waals surface area contributed by atoms with Gasteiger partial charge in [-0.25, -0.2) is 0 Å². The van der Waals surface area contributed by atoms with Gasteiger partial charge in [-0.1, -0.05) is 0 Å². The van der Waals surface area contributed by atoms with Gasteiger partial charge < -0.3 is 4.57 Å². The monoisotopic (exact) mass is 162 g/mol. The normalized spacial score (nSPS) is 9.83. The number of rotatable bonds is 1. The van der Waals surface area contributed by atoms with Crippen molar-refractivity contribution in [2.45, 2.75) is 19.9 Å². The number of aromatic nitrogens is 1. The van der Waals surface area contributed by atoms with E-state index in [2.05, 4.69) is 0 Å². The average molecular weight is 162 g/mol. The molecule has 0 radical (unpaired) electrons. The summed E-state index contributed by atoms with van der Waals surface area (Å²) in [5.41, 5.74) is -0.0128. The molecule has 0 saturated carbocycles. The fourth-order valence-electron chi connectivity index (χ4n) is 1.00. The third-order valence-electron chi connectivity index (χ3n) is 1.65. The van der Waals surface area contributed by atoms with Crippen LogP contribution in [0.5, 0.6) is 0 Å². The van der Waals surface area contributed by atoms with Crippen molar-refractivity contribution in [2.24, 2.45) is 0 Å². The van der Waals surface area contributed by atoms with Crippen LogP contribution in [0.2, 0.25) is 0 Å². The van der Waals surface area contributed by atoms with Gasteiger partial charge in [0.05, 0.1) is 0 Å². The van der Waals surface area contributed by atoms with Gasteiger partial charge >= 0.3 is 0 Å². The zero-order valence-electron chi connectivity index (χ0n) is 7.11. The van der Waals surface area contributed by atoms with Gasteiger partial charge in [-0.05, 0) is 26.0 Å². The summed E-state index contributed by atoms with van der Waals surface area (Å²) in [5, 5.41) is 8.56. The molecular weight excluding hydrogens is 152 g/mol. The van der Waals surface area contributed by atoms with Crippen molar-refractivity contribution in [2.75, 3.05) is 0 Å². The highest BCUT2D eigenvalue weighted by Gasteiger charge is 2.03. The van der Waals surface area contributed by atoms with Crippen molar-refractivity contribution in [1.82, 2.24) is 4.57 Å². The molecule has 0 aromatic carbocycles. The molecule has 0 spiro atoms. The molecule has 3 nitrogen and oxygen atoms in total. The van der Waals surface area contributed by atoms with E-state index in [0.29, 0.717) is 0 Å². The molecule has 1 aromatic rings. The fourth-order valence-corrected chi connectivity index (χ4v) is 1.00. The van der Waals surface area contributed by atoms with Gasteiger partial charge in [-0.2, -0.15) is 5.26 Å². The Labute approximate surface area is 70.9 Å². The lowest BCUT2D eigenvalue weighted by Gasteiger charge is -2.08. The van der Waals surface area contributed by atoms with Crippen LogP contribution in [0, 0.1) is 11.3 Å². The fraction of sp³-hybridized carbons (Fsp3) is 0.333. The molecule has 1 rings (SSSR count). The molecule has 0 N–H and O–H groups in total. The van der Waals surface area contributed by atoms with E-state index >= 15 is 0 Å². The van der Waals surface area contributed by atoms with Crippen LogP contribution < -0.4 is 5.56 Å². The Morgan fingerprint density at radius 2 is 2.25 bits per heavy atom. The minimum Gasteiger partial charge on any atom is -0.312 e. The Kier molecular flexibility index (Phi) is 2.29. The SMILES string of the molecule is CC(C)n1cccc(C#N)c1=O. The summed E-state index contributed by atoms with van der Waals surface area (Å²) in [5.74, 6) is 0. The van der Waals surface area contributed by atoms with Gasteiger partial charge in [-0.15, -0.1) is 0 Å². The summed E-state index contributed by atoms with van der Waals surface area (Å²) < 4.78 is 1.54.